The second kappa shape index (κ2) is 9.29. The van der Waals surface area contributed by atoms with Crippen molar-refractivity contribution in [1.29, 1.82) is 0 Å². The van der Waals surface area contributed by atoms with Crippen LogP contribution < -0.4 is 14.8 Å². The van der Waals surface area contributed by atoms with Gasteiger partial charge in [0, 0.05) is 19.0 Å². The Morgan fingerprint density at radius 1 is 0.968 bits per heavy atom. The maximum Gasteiger partial charge on any atom is 0.287 e. The highest BCUT2D eigenvalue weighted by molar-refractivity contribution is 5.91. The Hall–Kier alpha value is -3.21. The van der Waals surface area contributed by atoms with E-state index in [1.807, 2.05) is 18.2 Å². The lowest BCUT2D eigenvalue weighted by Gasteiger charge is -2.20. The van der Waals surface area contributed by atoms with E-state index in [1.54, 1.807) is 26.4 Å². The number of nitrogens with one attached hydrogen (secondary N) is 1. The van der Waals surface area contributed by atoms with E-state index in [2.05, 4.69) is 51.2 Å². The molecule has 1 heterocycles. The molecule has 0 radical (unpaired) electrons. The number of carbonyl (C=O) groups excluding carboxylic acids is 1. The number of ether oxygens (including phenoxy) is 2. The SMILES string of the molecule is COc1cc(CNC(=O)c2ccc(Cc3cc(C(C)(C)C)ccc3C)o2)cc(OC)c1. The van der Waals surface area contributed by atoms with Crippen molar-refractivity contribution >= 4 is 5.91 Å². The first-order chi connectivity index (χ1) is 14.7. The van der Waals surface area contributed by atoms with Crippen molar-refractivity contribution in [2.75, 3.05) is 14.2 Å². The first kappa shape index (κ1) is 22.5. The van der Waals surface area contributed by atoms with Crippen molar-refractivity contribution in [3.8, 4) is 11.5 Å². The molecule has 0 saturated carbocycles. The number of benzene rings is 2. The van der Waals surface area contributed by atoms with Gasteiger partial charge in [-0.3, -0.25) is 4.79 Å². The number of aryl methyl sites for hydroxylation is 1. The predicted molar refractivity (Wildman–Crippen MR) is 122 cm³/mol. The van der Waals surface area contributed by atoms with Crippen molar-refractivity contribution in [2.45, 2.75) is 46.1 Å². The molecule has 0 fully saturated rings. The van der Waals surface area contributed by atoms with E-state index >= 15 is 0 Å². The number of hydrogen-bond donors (Lipinski definition) is 1. The minimum atomic E-state index is -0.256. The molecule has 0 bridgehead atoms. The lowest BCUT2D eigenvalue weighted by molar-refractivity contribution is 0.0921. The zero-order valence-electron chi connectivity index (χ0n) is 19.2. The van der Waals surface area contributed by atoms with Gasteiger partial charge < -0.3 is 19.2 Å². The summed E-state index contributed by atoms with van der Waals surface area (Å²) in [5, 5.41) is 2.89. The molecule has 0 atom stereocenters. The molecule has 3 aromatic rings. The van der Waals surface area contributed by atoms with Gasteiger partial charge >= 0.3 is 0 Å². The highest BCUT2D eigenvalue weighted by atomic mass is 16.5. The van der Waals surface area contributed by atoms with Crippen LogP contribution in [0.4, 0.5) is 0 Å². The molecular formula is C26H31NO4. The molecule has 0 saturated heterocycles. The molecule has 0 unspecified atom stereocenters. The largest absolute Gasteiger partial charge is 0.497 e. The summed E-state index contributed by atoms with van der Waals surface area (Å²) < 4.78 is 16.4. The maximum absolute atomic E-state index is 12.6. The van der Waals surface area contributed by atoms with Crippen molar-refractivity contribution in [3.63, 3.8) is 0 Å². The van der Waals surface area contributed by atoms with Crippen LogP contribution in [-0.4, -0.2) is 20.1 Å². The van der Waals surface area contributed by atoms with Crippen LogP contribution in [0.25, 0.3) is 0 Å². The zero-order chi connectivity index (χ0) is 22.6. The Labute approximate surface area is 184 Å². The molecule has 2 aromatic carbocycles. The number of furan rings is 1. The number of hydrogen-bond acceptors (Lipinski definition) is 4. The third-order valence-electron chi connectivity index (χ3n) is 5.33. The summed E-state index contributed by atoms with van der Waals surface area (Å²) in [4.78, 5) is 12.6. The van der Waals surface area contributed by atoms with Gasteiger partial charge in [-0.2, -0.15) is 0 Å². The summed E-state index contributed by atoms with van der Waals surface area (Å²) >= 11 is 0. The average Bonchev–Trinajstić information content (AvgIpc) is 3.21. The quantitative estimate of drug-likeness (QED) is 0.553. The molecule has 3 rings (SSSR count). The number of rotatable bonds is 7. The molecule has 0 aliphatic heterocycles. The van der Waals surface area contributed by atoms with Crippen LogP contribution in [0.2, 0.25) is 0 Å². The number of methoxy groups -OCH3 is 2. The third kappa shape index (κ3) is 5.69. The van der Waals surface area contributed by atoms with Crippen LogP contribution in [0, 0.1) is 6.92 Å². The van der Waals surface area contributed by atoms with Crippen molar-refractivity contribution < 1.29 is 18.7 Å². The van der Waals surface area contributed by atoms with E-state index in [1.165, 1.54) is 16.7 Å². The molecule has 1 N–H and O–H groups in total. The maximum atomic E-state index is 12.6. The third-order valence-corrected chi connectivity index (χ3v) is 5.33. The van der Waals surface area contributed by atoms with Gasteiger partial charge in [0.1, 0.15) is 17.3 Å². The smallest absolute Gasteiger partial charge is 0.287 e. The Bertz CT molecular complexity index is 1040. The van der Waals surface area contributed by atoms with Gasteiger partial charge in [-0.15, -0.1) is 0 Å². The van der Waals surface area contributed by atoms with Crippen molar-refractivity contribution in [2.24, 2.45) is 0 Å². The lowest BCUT2D eigenvalue weighted by Crippen LogP contribution is -2.22. The molecule has 1 amide bonds. The second-order valence-electron chi connectivity index (χ2n) is 8.74. The minimum absolute atomic E-state index is 0.0828. The van der Waals surface area contributed by atoms with Crippen LogP contribution in [0.15, 0.2) is 52.9 Å². The van der Waals surface area contributed by atoms with Gasteiger partial charge in [0.25, 0.3) is 5.91 Å². The van der Waals surface area contributed by atoms with Crippen LogP contribution in [0.5, 0.6) is 11.5 Å². The molecule has 0 aliphatic rings. The first-order valence-corrected chi connectivity index (χ1v) is 10.4. The van der Waals surface area contributed by atoms with E-state index in [9.17, 15) is 4.79 Å². The Morgan fingerprint density at radius 3 is 2.26 bits per heavy atom. The van der Waals surface area contributed by atoms with E-state index in [0.29, 0.717) is 30.2 Å². The Balaban J connectivity index is 1.68. The van der Waals surface area contributed by atoms with Crippen LogP contribution in [0.3, 0.4) is 0 Å². The molecule has 5 heteroatoms. The fraction of sp³-hybridized carbons (Fsp3) is 0.346. The predicted octanol–water partition coefficient (Wildman–Crippen LogP) is 5.42. The van der Waals surface area contributed by atoms with E-state index in [-0.39, 0.29) is 11.3 Å². The summed E-state index contributed by atoms with van der Waals surface area (Å²) in [6, 6.07) is 15.7. The van der Waals surface area contributed by atoms with E-state index < -0.39 is 0 Å². The average molecular weight is 422 g/mol. The molecule has 164 valence electrons. The zero-order valence-corrected chi connectivity index (χ0v) is 19.2. The fourth-order valence-electron chi connectivity index (χ4n) is 3.35. The van der Waals surface area contributed by atoms with Crippen molar-refractivity contribution in [1.82, 2.24) is 5.32 Å². The van der Waals surface area contributed by atoms with Gasteiger partial charge in [-0.1, -0.05) is 39.0 Å². The monoisotopic (exact) mass is 421 g/mol. The fourth-order valence-corrected chi connectivity index (χ4v) is 3.35. The van der Waals surface area contributed by atoms with Crippen LogP contribution in [0.1, 0.15) is 59.3 Å². The summed E-state index contributed by atoms with van der Waals surface area (Å²) in [6.45, 7) is 9.05. The second-order valence-corrected chi connectivity index (χ2v) is 8.74. The van der Waals surface area contributed by atoms with Crippen LogP contribution >= 0.6 is 0 Å². The van der Waals surface area contributed by atoms with Crippen molar-refractivity contribution in [3.05, 3.63) is 82.3 Å². The molecule has 31 heavy (non-hydrogen) atoms. The molecule has 5 nitrogen and oxygen atoms in total. The highest BCUT2D eigenvalue weighted by Gasteiger charge is 2.16. The van der Waals surface area contributed by atoms with Crippen LogP contribution in [-0.2, 0) is 18.4 Å². The van der Waals surface area contributed by atoms with Gasteiger partial charge in [0.15, 0.2) is 5.76 Å². The van der Waals surface area contributed by atoms with E-state index in [4.69, 9.17) is 13.9 Å². The number of carbonyl (C=O) groups is 1. The topological polar surface area (TPSA) is 60.7 Å². The summed E-state index contributed by atoms with van der Waals surface area (Å²) in [5.41, 5.74) is 4.66. The first-order valence-electron chi connectivity index (χ1n) is 10.4. The molecule has 0 aliphatic carbocycles. The standard InChI is InChI=1S/C26H31NO4/c1-17-7-8-20(26(2,3)4)13-19(17)14-21-9-10-24(31-21)25(28)27-16-18-11-22(29-5)15-23(12-18)30-6/h7-13,15H,14,16H2,1-6H3,(H,27,28). The summed E-state index contributed by atoms with van der Waals surface area (Å²) in [7, 11) is 3.20. The minimum Gasteiger partial charge on any atom is -0.497 e. The van der Waals surface area contributed by atoms with Gasteiger partial charge in [-0.05, 0) is 58.9 Å². The van der Waals surface area contributed by atoms with Gasteiger partial charge in [0.2, 0.25) is 0 Å². The van der Waals surface area contributed by atoms with Gasteiger partial charge in [0.05, 0.1) is 14.2 Å². The summed E-state index contributed by atoms with van der Waals surface area (Å²) in [6.07, 6.45) is 0.649. The Morgan fingerprint density at radius 2 is 1.65 bits per heavy atom. The molecule has 1 aromatic heterocycles. The molecule has 0 spiro atoms. The highest BCUT2D eigenvalue weighted by Crippen LogP contribution is 2.26. The Kier molecular flexibility index (Phi) is 6.74. The number of amides is 1. The molecular weight excluding hydrogens is 390 g/mol. The van der Waals surface area contributed by atoms with Gasteiger partial charge in [-0.25, -0.2) is 0 Å². The lowest BCUT2D eigenvalue weighted by atomic mass is 9.85. The summed E-state index contributed by atoms with van der Waals surface area (Å²) in [5.74, 6) is 2.17. The van der Waals surface area contributed by atoms with E-state index in [0.717, 1.165) is 11.3 Å². The normalized spacial score (nSPS) is 11.3.